The van der Waals surface area contributed by atoms with Gasteiger partial charge in [0.05, 0.1) is 0 Å². The molecule has 1 aromatic carbocycles. The lowest BCUT2D eigenvalue weighted by molar-refractivity contribution is -0.127. The van der Waals surface area contributed by atoms with Crippen LogP contribution in [-0.2, 0) is 4.79 Å². The Balaban J connectivity index is 0.00000288. The van der Waals surface area contributed by atoms with Crippen molar-refractivity contribution in [3.8, 4) is 5.75 Å². The van der Waals surface area contributed by atoms with Crippen molar-refractivity contribution in [3.63, 3.8) is 0 Å². The lowest BCUT2D eigenvalue weighted by Gasteiger charge is -2.24. The molecule has 2 unspecified atom stereocenters. The van der Waals surface area contributed by atoms with Crippen molar-refractivity contribution in [1.29, 1.82) is 0 Å². The molecule has 136 valence electrons. The van der Waals surface area contributed by atoms with Crippen LogP contribution in [0.5, 0.6) is 5.75 Å². The second kappa shape index (κ2) is 9.90. The summed E-state index contributed by atoms with van der Waals surface area (Å²) in [6.07, 6.45) is 1.89. The summed E-state index contributed by atoms with van der Waals surface area (Å²) in [6.45, 7) is 11.1. The van der Waals surface area contributed by atoms with E-state index >= 15 is 0 Å². The highest BCUT2D eigenvalue weighted by atomic mass is 35.5. The number of benzene rings is 1. The molecule has 5 heteroatoms. The molecule has 2 atom stereocenters. The third-order valence-corrected chi connectivity index (χ3v) is 4.51. The van der Waals surface area contributed by atoms with Gasteiger partial charge in [-0.3, -0.25) is 4.79 Å². The van der Waals surface area contributed by atoms with Crippen LogP contribution in [0.3, 0.4) is 0 Å². The van der Waals surface area contributed by atoms with E-state index in [1.807, 2.05) is 12.1 Å². The molecule has 24 heavy (non-hydrogen) atoms. The second-order valence-electron chi connectivity index (χ2n) is 6.89. The summed E-state index contributed by atoms with van der Waals surface area (Å²) in [5, 5.41) is 6.38. The van der Waals surface area contributed by atoms with Gasteiger partial charge in [-0.05, 0) is 74.9 Å². The summed E-state index contributed by atoms with van der Waals surface area (Å²) >= 11 is 0. The Labute approximate surface area is 152 Å². The zero-order chi connectivity index (χ0) is 16.8. The normalized spacial score (nSPS) is 18.6. The van der Waals surface area contributed by atoms with Crippen LogP contribution in [0.4, 0.5) is 0 Å². The predicted molar refractivity (Wildman–Crippen MR) is 101 cm³/mol. The highest BCUT2D eigenvalue weighted by Crippen LogP contribution is 2.24. The molecule has 0 aromatic heterocycles. The summed E-state index contributed by atoms with van der Waals surface area (Å²) in [7, 11) is 0. The first-order chi connectivity index (χ1) is 11.0. The van der Waals surface area contributed by atoms with Crippen LogP contribution >= 0.6 is 12.4 Å². The van der Waals surface area contributed by atoms with E-state index in [1.165, 1.54) is 24.0 Å². The quantitative estimate of drug-likeness (QED) is 0.823. The topological polar surface area (TPSA) is 50.4 Å². The Morgan fingerprint density at radius 3 is 2.71 bits per heavy atom. The standard InChI is InChI=1S/C19H30N2O2.ClH/c1-13(2)18-8-7-17(10-14(18)3)23-15(4)19(22)21-12-16-6-5-9-20-11-16;/h7-8,10,13,15-16,20H,5-6,9,11-12H2,1-4H3,(H,21,22);1H. The molecular weight excluding hydrogens is 324 g/mol. The van der Waals surface area contributed by atoms with Crippen molar-refractivity contribution in [2.24, 2.45) is 5.92 Å². The summed E-state index contributed by atoms with van der Waals surface area (Å²) in [4.78, 5) is 12.2. The van der Waals surface area contributed by atoms with Gasteiger partial charge in [-0.1, -0.05) is 19.9 Å². The molecule has 0 saturated carbocycles. The van der Waals surface area contributed by atoms with Crippen molar-refractivity contribution < 1.29 is 9.53 Å². The summed E-state index contributed by atoms with van der Waals surface area (Å²) in [6, 6.07) is 6.06. The molecule has 1 fully saturated rings. The molecule has 0 spiro atoms. The minimum absolute atomic E-state index is 0. The number of carbonyl (C=O) groups is 1. The number of rotatable bonds is 6. The van der Waals surface area contributed by atoms with Crippen molar-refractivity contribution >= 4 is 18.3 Å². The number of carbonyl (C=O) groups excluding carboxylic acids is 1. The highest BCUT2D eigenvalue weighted by Gasteiger charge is 2.18. The maximum absolute atomic E-state index is 12.2. The van der Waals surface area contributed by atoms with Crippen LogP contribution in [0.1, 0.15) is 50.7 Å². The minimum Gasteiger partial charge on any atom is -0.481 e. The molecule has 1 aliphatic rings. The molecule has 1 saturated heterocycles. The highest BCUT2D eigenvalue weighted by molar-refractivity contribution is 5.85. The minimum atomic E-state index is -0.476. The Morgan fingerprint density at radius 1 is 1.38 bits per heavy atom. The maximum atomic E-state index is 12.2. The average Bonchev–Trinajstić information content (AvgIpc) is 2.53. The molecule has 0 aliphatic carbocycles. The van der Waals surface area contributed by atoms with E-state index < -0.39 is 6.10 Å². The van der Waals surface area contributed by atoms with Gasteiger partial charge < -0.3 is 15.4 Å². The van der Waals surface area contributed by atoms with E-state index in [0.29, 0.717) is 11.8 Å². The summed E-state index contributed by atoms with van der Waals surface area (Å²) < 4.78 is 5.80. The van der Waals surface area contributed by atoms with E-state index in [4.69, 9.17) is 4.74 Å². The molecule has 1 amide bonds. The van der Waals surface area contributed by atoms with Gasteiger partial charge >= 0.3 is 0 Å². The van der Waals surface area contributed by atoms with Crippen LogP contribution < -0.4 is 15.4 Å². The van der Waals surface area contributed by atoms with Gasteiger partial charge in [-0.2, -0.15) is 0 Å². The maximum Gasteiger partial charge on any atom is 0.260 e. The Hall–Kier alpha value is -1.26. The molecule has 1 aliphatic heterocycles. The monoisotopic (exact) mass is 354 g/mol. The number of ether oxygens (including phenoxy) is 1. The van der Waals surface area contributed by atoms with Gasteiger partial charge in [-0.25, -0.2) is 0 Å². The van der Waals surface area contributed by atoms with Gasteiger partial charge in [0.15, 0.2) is 6.10 Å². The number of nitrogens with one attached hydrogen (secondary N) is 2. The summed E-state index contributed by atoms with van der Waals surface area (Å²) in [5.41, 5.74) is 2.53. The van der Waals surface area contributed by atoms with Crippen molar-refractivity contribution in [2.75, 3.05) is 19.6 Å². The molecule has 2 rings (SSSR count). The fourth-order valence-corrected chi connectivity index (χ4v) is 3.11. The molecule has 1 heterocycles. The SMILES string of the molecule is Cc1cc(OC(C)C(=O)NCC2CCCNC2)ccc1C(C)C.Cl. The molecular formula is C19H31ClN2O2. The lowest BCUT2D eigenvalue weighted by atomic mass is 9.98. The van der Waals surface area contributed by atoms with Crippen molar-refractivity contribution in [2.45, 2.75) is 52.6 Å². The molecule has 0 bridgehead atoms. The number of hydrogen-bond donors (Lipinski definition) is 2. The second-order valence-corrected chi connectivity index (χ2v) is 6.89. The Bertz CT molecular complexity index is 528. The molecule has 4 nitrogen and oxygen atoms in total. The van der Waals surface area contributed by atoms with Crippen LogP contribution in [0.2, 0.25) is 0 Å². The smallest absolute Gasteiger partial charge is 0.260 e. The van der Waals surface area contributed by atoms with Crippen molar-refractivity contribution in [3.05, 3.63) is 29.3 Å². The van der Waals surface area contributed by atoms with Gasteiger partial charge in [0.25, 0.3) is 5.91 Å². The van der Waals surface area contributed by atoms with E-state index in [0.717, 1.165) is 25.4 Å². The number of hydrogen-bond acceptors (Lipinski definition) is 3. The van der Waals surface area contributed by atoms with E-state index in [2.05, 4.69) is 37.5 Å². The van der Waals surface area contributed by atoms with Crippen LogP contribution in [-0.4, -0.2) is 31.6 Å². The first kappa shape index (κ1) is 20.8. The first-order valence-electron chi connectivity index (χ1n) is 8.73. The molecule has 1 aromatic rings. The van der Waals surface area contributed by atoms with Gasteiger partial charge in [-0.15, -0.1) is 12.4 Å². The first-order valence-corrected chi connectivity index (χ1v) is 8.73. The number of halogens is 1. The predicted octanol–water partition coefficient (Wildman–Crippen LogP) is 3.42. The van der Waals surface area contributed by atoms with E-state index in [1.54, 1.807) is 6.92 Å². The zero-order valence-electron chi connectivity index (χ0n) is 15.2. The fraction of sp³-hybridized carbons (Fsp3) is 0.632. The lowest BCUT2D eigenvalue weighted by Crippen LogP contribution is -2.42. The molecule has 0 radical (unpaired) electrons. The van der Waals surface area contributed by atoms with Crippen molar-refractivity contribution in [1.82, 2.24) is 10.6 Å². The van der Waals surface area contributed by atoms with E-state index in [-0.39, 0.29) is 18.3 Å². The number of piperidine rings is 1. The summed E-state index contributed by atoms with van der Waals surface area (Å²) in [5.74, 6) is 1.75. The molecule has 2 N–H and O–H groups in total. The van der Waals surface area contributed by atoms with Gasteiger partial charge in [0.2, 0.25) is 0 Å². The van der Waals surface area contributed by atoms with E-state index in [9.17, 15) is 4.79 Å². The fourth-order valence-electron chi connectivity index (χ4n) is 3.11. The number of aryl methyl sites for hydroxylation is 1. The van der Waals surface area contributed by atoms with Gasteiger partial charge in [0, 0.05) is 6.54 Å². The largest absolute Gasteiger partial charge is 0.481 e. The van der Waals surface area contributed by atoms with Gasteiger partial charge in [0.1, 0.15) is 5.75 Å². The average molecular weight is 355 g/mol. The Morgan fingerprint density at radius 2 is 2.12 bits per heavy atom. The van der Waals surface area contributed by atoms with Crippen LogP contribution in [0, 0.1) is 12.8 Å². The zero-order valence-corrected chi connectivity index (χ0v) is 16.0. The third-order valence-electron chi connectivity index (χ3n) is 4.51. The third kappa shape index (κ3) is 5.99. The van der Waals surface area contributed by atoms with Crippen LogP contribution in [0.25, 0.3) is 0 Å². The van der Waals surface area contributed by atoms with Crippen LogP contribution in [0.15, 0.2) is 18.2 Å². The Kier molecular flexibility index (Phi) is 8.57. The number of amides is 1.